The Labute approximate surface area is 139 Å². The maximum Gasteiger partial charge on any atom is 0.0739 e. The molecule has 0 aliphatic rings. The van der Waals surface area contributed by atoms with Crippen LogP contribution in [0.3, 0.4) is 0 Å². The smallest absolute Gasteiger partial charge is 0.0739 e. The highest BCUT2D eigenvalue weighted by molar-refractivity contribution is 5.86. The molecule has 0 amide bonds. The van der Waals surface area contributed by atoms with E-state index in [0.717, 1.165) is 17.6 Å². The number of hydrogen-bond acceptors (Lipinski definition) is 1. The highest BCUT2D eigenvalue weighted by Gasteiger charge is 2.12. The fourth-order valence-corrected chi connectivity index (χ4v) is 3.37. The Morgan fingerprint density at radius 3 is 2.30 bits per heavy atom. The quantitative estimate of drug-likeness (QED) is 0.550. The maximum absolute atomic E-state index is 5.00. The van der Waals surface area contributed by atoms with Crippen LogP contribution >= 0.6 is 0 Å². The average molecular weight is 303 g/mol. The number of nitrogens with zero attached hydrogens (tertiary/aromatic N) is 1. The summed E-state index contributed by atoms with van der Waals surface area (Å²) >= 11 is 0. The Bertz CT molecular complexity index is 841. The molecule has 0 N–H and O–H groups in total. The van der Waals surface area contributed by atoms with Crippen LogP contribution in [0.15, 0.2) is 42.5 Å². The first-order valence-electron chi connectivity index (χ1n) is 8.48. The van der Waals surface area contributed by atoms with Crippen molar-refractivity contribution in [2.45, 2.75) is 47.0 Å². The molecule has 0 saturated heterocycles. The van der Waals surface area contributed by atoms with Crippen molar-refractivity contribution in [2.75, 3.05) is 0 Å². The molecule has 0 radical (unpaired) electrons. The molecule has 0 saturated carbocycles. The minimum absolute atomic E-state index is 0.562. The van der Waals surface area contributed by atoms with E-state index in [2.05, 4.69) is 77.1 Å². The molecule has 3 rings (SSSR count). The first-order chi connectivity index (χ1) is 11.0. The van der Waals surface area contributed by atoms with Crippen LogP contribution in [0.5, 0.6) is 0 Å². The lowest BCUT2D eigenvalue weighted by Crippen LogP contribution is -1.97. The van der Waals surface area contributed by atoms with E-state index in [1.165, 1.54) is 33.2 Å². The van der Waals surface area contributed by atoms with Gasteiger partial charge >= 0.3 is 0 Å². The van der Waals surface area contributed by atoms with E-state index in [1.807, 2.05) is 0 Å². The van der Waals surface area contributed by atoms with Gasteiger partial charge in [0.05, 0.1) is 11.2 Å². The van der Waals surface area contributed by atoms with Gasteiger partial charge in [-0.2, -0.15) is 0 Å². The topological polar surface area (TPSA) is 12.9 Å². The van der Waals surface area contributed by atoms with E-state index in [-0.39, 0.29) is 0 Å². The third-order valence-corrected chi connectivity index (χ3v) is 4.72. The zero-order chi connectivity index (χ0) is 16.6. The summed E-state index contributed by atoms with van der Waals surface area (Å²) in [5.74, 6) is 0.562. The first kappa shape index (κ1) is 15.7. The van der Waals surface area contributed by atoms with Gasteiger partial charge in [0.2, 0.25) is 0 Å². The van der Waals surface area contributed by atoms with E-state index in [1.54, 1.807) is 0 Å². The van der Waals surface area contributed by atoms with Crippen molar-refractivity contribution in [1.29, 1.82) is 0 Å². The van der Waals surface area contributed by atoms with Crippen LogP contribution in [0.1, 0.15) is 48.4 Å². The lowest BCUT2D eigenvalue weighted by Gasteiger charge is -2.15. The molecule has 0 aliphatic carbocycles. The van der Waals surface area contributed by atoms with Crippen molar-refractivity contribution in [3.05, 3.63) is 64.7 Å². The lowest BCUT2D eigenvalue weighted by molar-refractivity contribution is 0.739. The molecule has 0 spiro atoms. The van der Waals surface area contributed by atoms with Gasteiger partial charge in [-0.05, 0) is 68.5 Å². The van der Waals surface area contributed by atoms with E-state index in [0.29, 0.717) is 5.92 Å². The van der Waals surface area contributed by atoms with Gasteiger partial charge in [-0.1, -0.05) is 43.2 Å². The molecule has 1 heteroatoms. The summed E-state index contributed by atoms with van der Waals surface area (Å²) in [6.45, 7) is 11.0. The van der Waals surface area contributed by atoms with Crippen LogP contribution in [0, 0.1) is 20.8 Å². The molecule has 1 aromatic heterocycles. The van der Waals surface area contributed by atoms with Gasteiger partial charge in [0, 0.05) is 10.9 Å². The van der Waals surface area contributed by atoms with Gasteiger partial charge in [-0.25, -0.2) is 4.98 Å². The van der Waals surface area contributed by atoms with Gasteiger partial charge in [0.25, 0.3) is 0 Å². The molecule has 0 fully saturated rings. The van der Waals surface area contributed by atoms with Crippen molar-refractivity contribution >= 4 is 10.9 Å². The summed E-state index contributed by atoms with van der Waals surface area (Å²) in [4.78, 5) is 5.00. The molecule has 118 valence electrons. The normalized spacial score (nSPS) is 12.6. The van der Waals surface area contributed by atoms with Crippen molar-refractivity contribution in [1.82, 2.24) is 4.98 Å². The van der Waals surface area contributed by atoms with Crippen molar-refractivity contribution in [3.8, 4) is 11.3 Å². The zero-order valence-corrected chi connectivity index (χ0v) is 14.8. The van der Waals surface area contributed by atoms with Crippen LogP contribution < -0.4 is 0 Å². The number of fused-ring (bicyclic) bond motifs is 1. The Morgan fingerprint density at radius 2 is 1.65 bits per heavy atom. The third-order valence-electron chi connectivity index (χ3n) is 4.72. The summed E-state index contributed by atoms with van der Waals surface area (Å²) < 4.78 is 0. The van der Waals surface area contributed by atoms with Gasteiger partial charge < -0.3 is 0 Å². The lowest BCUT2D eigenvalue weighted by atomic mass is 9.93. The average Bonchev–Trinajstić information content (AvgIpc) is 2.52. The predicted molar refractivity (Wildman–Crippen MR) is 100 cm³/mol. The van der Waals surface area contributed by atoms with Gasteiger partial charge in [0.15, 0.2) is 0 Å². The molecular formula is C22H25N. The fraction of sp³-hybridized carbons (Fsp3) is 0.318. The standard InChI is InChI=1S/C22H25N/c1-6-16(4)19-8-7-9-21-20(19)13-17(5)22(23-21)18-11-14(2)10-15(3)12-18/h7-13,16H,6H2,1-5H3. The molecule has 23 heavy (non-hydrogen) atoms. The van der Waals surface area contributed by atoms with E-state index >= 15 is 0 Å². The van der Waals surface area contributed by atoms with Gasteiger partial charge in [-0.3, -0.25) is 0 Å². The second-order valence-electron chi connectivity index (χ2n) is 6.75. The molecule has 3 aromatic rings. The Morgan fingerprint density at radius 1 is 0.957 bits per heavy atom. The van der Waals surface area contributed by atoms with Crippen LogP contribution in [0.4, 0.5) is 0 Å². The third kappa shape index (κ3) is 3.01. The predicted octanol–water partition coefficient (Wildman–Crippen LogP) is 6.34. The molecule has 1 unspecified atom stereocenters. The first-order valence-corrected chi connectivity index (χ1v) is 8.48. The molecule has 2 aromatic carbocycles. The van der Waals surface area contributed by atoms with E-state index in [4.69, 9.17) is 4.98 Å². The number of aromatic nitrogens is 1. The van der Waals surface area contributed by atoms with Crippen LogP contribution in [0.25, 0.3) is 22.2 Å². The van der Waals surface area contributed by atoms with Crippen molar-refractivity contribution in [2.24, 2.45) is 0 Å². The van der Waals surface area contributed by atoms with Crippen LogP contribution in [-0.2, 0) is 0 Å². The molecular weight excluding hydrogens is 278 g/mol. The number of benzene rings is 2. The summed E-state index contributed by atoms with van der Waals surface area (Å²) in [7, 11) is 0. The van der Waals surface area contributed by atoms with E-state index < -0.39 is 0 Å². The summed E-state index contributed by atoms with van der Waals surface area (Å²) in [5, 5.41) is 1.30. The summed E-state index contributed by atoms with van der Waals surface area (Å²) in [5.41, 5.74) is 8.65. The minimum Gasteiger partial charge on any atom is -0.248 e. The number of hydrogen-bond donors (Lipinski definition) is 0. The van der Waals surface area contributed by atoms with Crippen molar-refractivity contribution < 1.29 is 0 Å². The van der Waals surface area contributed by atoms with Gasteiger partial charge in [0.1, 0.15) is 0 Å². The maximum atomic E-state index is 5.00. The van der Waals surface area contributed by atoms with Crippen molar-refractivity contribution in [3.63, 3.8) is 0 Å². The largest absolute Gasteiger partial charge is 0.248 e. The highest BCUT2D eigenvalue weighted by atomic mass is 14.7. The Balaban J connectivity index is 2.23. The zero-order valence-electron chi connectivity index (χ0n) is 14.8. The SMILES string of the molecule is CCC(C)c1cccc2nc(-c3cc(C)cc(C)c3)c(C)cc12. The molecule has 1 heterocycles. The number of rotatable bonds is 3. The number of aryl methyl sites for hydroxylation is 3. The Kier molecular flexibility index (Phi) is 4.21. The molecule has 0 bridgehead atoms. The number of pyridine rings is 1. The second kappa shape index (κ2) is 6.16. The van der Waals surface area contributed by atoms with Crippen LogP contribution in [-0.4, -0.2) is 4.98 Å². The molecule has 1 nitrogen and oxygen atoms in total. The summed E-state index contributed by atoms with van der Waals surface area (Å²) in [6, 6.07) is 15.5. The molecule has 0 aliphatic heterocycles. The highest BCUT2D eigenvalue weighted by Crippen LogP contribution is 2.31. The minimum atomic E-state index is 0.562. The Hall–Kier alpha value is -2.15. The van der Waals surface area contributed by atoms with Crippen LogP contribution in [0.2, 0.25) is 0 Å². The molecule has 1 atom stereocenters. The monoisotopic (exact) mass is 303 g/mol. The van der Waals surface area contributed by atoms with E-state index in [9.17, 15) is 0 Å². The fourth-order valence-electron chi connectivity index (χ4n) is 3.37. The summed E-state index contributed by atoms with van der Waals surface area (Å²) in [6.07, 6.45) is 1.15. The van der Waals surface area contributed by atoms with Gasteiger partial charge in [-0.15, -0.1) is 0 Å². The second-order valence-corrected chi connectivity index (χ2v) is 6.75.